The molecule has 1 aliphatic rings. The van der Waals surface area contributed by atoms with Crippen LogP contribution < -0.4 is 10.6 Å². The van der Waals surface area contributed by atoms with Crippen molar-refractivity contribution in [3.63, 3.8) is 0 Å². The van der Waals surface area contributed by atoms with Crippen molar-refractivity contribution < 1.29 is 4.79 Å². The van der Waals surface area contributed by atoms with E-state index in [1.165, 1.54) is 0 Å². The molecule has 1 aliphatic heterocycles. The van der Waals surface area contributed by atoms with Crippen LogP contribution in [0.15, 0.2) is 18.3 Å². The van der Waals surface area contributed by atoms with E-state index in [4.69, 9.17) is 0 Å². The minimum atomic E-state index is -0.378. The molecule has 0 spiro atoms. The second kappa shape index (κ2) is 7.68. The summed E-state index contributed by atoms with van der Waals surface area (Å²) in [4.78, 5) is 16.4. The maximum absolute atomic E-state index is 12.3. The highest BCUT2D eigenvalue weighted by molar-refractivity contribution is 5.98. The van der Waals surface area contributed by atoms with Crippen molar-refractivity contribution in [2.45, 2.75) is 38.6 Å². The van der Waals surface area contributed by atoms with Gasteiger partial charge in [-0.1, -0.05) is 6.92 Å². The first kappa shape index (κ1) is 18.2. The average Bonchev–Trinajstić information content (AvgIpc) is 2.78. The van der Waals surface area contributed by atoms with E-state index < -0.39 is 0 Å². The highest BCUT2D eigenvalue weighted by Crippen LogP contribution is 2.24. The number of nitrogens with one attached hydrogen (secondary N) is 2. The number of anilines is 1. The predicted molar refractivity (Wildman–Crippen MR) is 82.4 cm³/mol. The van der Waals surface area contributed by atoms with Gasteiger partial charge >= 0.3 is 0 Å². The van der Waals surface area contributed by atoms with E-state index in [1.807, 2.05) is 19.1 Å². The van der Waals surface area contributed by atoms with Crippen LogP contribution in [0.1, 0.15) is 31.9 Å². The van der Waals surface area contributed by atoms with Crippen molar-refractivity contribution in [2.75, 3.05) is 11.9 Å². The Hall–Kier alpha value is -0.840. The van der Waals surface area contributed by atoms with E-state index in [1.54, 1.807) is 6.20 Å². The first-order valence-electron chi connectivity index (χ1n) is 6.15. The van der Waals surface area contributed by atoms with Gasteiger partial charge < -0.3 is 10.6 Å². The lowest BCUT2D eigenvalue weighted by Gasteiger charge is -2.26. The summed E-state index contributed by atoms with van der Waals surface area (Å²) in [5.41, 5.74) is 1.36. The number of amides is 1. The van der Waals surface area contributed by atoms with Crippen molar-refractivity contribution >= 4 is 36.4 Å². The van der Waals surface area contributed by atoms with Gasteiger partial charge in [0.05, 0.1) is 5.54 Å². The fraction of sp³-hybridized carbons (Fsp3) is 0.538. The lowest BCUT2D eigenvalue weighted by atomic mass is 9.93. The molecule has 0 aliphatic carbocycles. The molecule has 2 N–H and O–H groups in total. The largest absolute Gasteiger partial charge is 0.324 e. The number of rotatable bonds is 3. The molecule has 1 fully saturated rings. The van der Waals surface area contributed by atoms with Crippen LogP contribution in [-0.2, 0) is 4.79 Å². The van der Waals surface area contributed by atoms with Crippen LogP contribution in [0.4, 0.5) is 5.69 Å². The first-order chi connectivity index (χ1) is 8.16. The molecule has 0 bridgehead atoms. The molecule has 0 saturated carbocycles. The van der Waals surface area contributed by atoms with E-state index in [9.17, 15) is 4.79 Å². The van der Waals surface area contributed by atoms with Crippen LogP contribution in [0, 0.1) is 6.92 Å². The summed E-state index contributed by atoms with van der Waals surface area (Å²) in [5.74, 6) is 0.0723. The molecule has 1 atom stereocenters. The van der Waals surface area contributed by atoms with Crippen molar-refractivity contribution in [1.29, 1.82) is 0 Å². The minimum absolute atomic E-state index is 0. The Kier molecular flexibility index (Phi) is 7.34. The maximum Gasteiger partial charge on any atom is 0.244 e. The minimum Gasteiger partial charge on any atom is -0.324 e. The summed E-state index contributed by atoms with van der Waals surface area (Å²) < 4.78 is 0. The molecular formula is C13H21Cl2N3O. The topological polar surface area (TPSA) is 54.0 Å². The fourth-order valence-corrected chi connectivity index (χ4v) is 2.34. The van der Waals surface area contributed by atoms with Gasteiger partial charge in [0.25, 0.3) is 0 Å². The SMILES string of the molecule is CCC1(C(=O)Nc2ccnc(C)c2)CCCN1.Cl.Cl. The maximum atomic E-state index is 12.3. The first-order valence-corrected chi connectivity index (χ1v) is 6.15. The van der Waals surface area contributed by atoms with Crippen LogP contribution in [0.5, 0.6) is 0 Å². The van der Waals surface area contributed by atoms with Crippen LogP contribution in [0.25, 0.3) is 0 Å². The summed E-state index contributed by atoms with van der Waals surface area (Å²) in [7, 11) is 0. The number of hydrogen-bond donors (Lipinski definition) is 2. The lowest BCUT2D eigenvalue weighted by Crippen LogP contribution is -2.50. The normalized spacial score (nSPS) is 21.2. The molecule has 0 radical (unpaired) electrons. The summed E-state index contributed by atoms with van der Waals surface area (Å²) in [6, 6.07) is 3.71. The van der Waals surface area contributed by atoms with Crippen LogP contribution in [-0.4, -0.2) is 23.0 Å². The number of aromatic nitrogens is 1. The van der Waals surface area contributed by atoms with Crippen molar-refractivity contribution in [1.82, 2.24) is 10.3 Å². The average molecular weight is 306 g/mol. The zero-order valence-corrected chi connectivity index (χ0v) is 12.9. The Morgan fingerprint density at radius 3 is 2.79 bits per heavy atom. The van der Waals surface area contributed by atoms with Crippen molar-refractivity contribution in [2.24, 2.45) is 0 Å². The van der Waals surface area contributed by atoms with Crippen molar-refractivity contribution in [3.8, 4) is 0 Å². The number of hydrogen-bond acceptors (Lipinski definition) is 3. The van der Waals surface area contributed by atoms with E-state index in [0.717, 1.165) is 37.2 Å². The Morgan fingerprint density at radius 1 is 1.53 bits per heavy atom. The Labute approximate surface area is 126 Å². The summed E-state index contributed by atoms with van der Waals surface area (Å²) in [5, 5.41) is 6.30. The quantitative estimate of drug-likeness (QED) is 0.903. The van der Waals surface area contributed by atoms with Crippen LogP contribution in [0.2, 0.25) is 0 Å². The van der Waals surface area contributed by atoms with Crippen LogP contribution in [0.3, 0.4) is 0 Å². The highest BCUT2D eigenvalue weighted by atomic mass is 35.5. The fourth-order valence-electron chi connectivity index (χ4n) is 2.34. The van der Waals surface area contributed by atoms with Crippen LogP contribution >= 0.6 is 24.8 Å². The molecule has 19 heavy (non-hydrogen) atoms. The standard InChI is InChI=1S/C13H19N3O.2ClH/c1-3-13(6-4-7-15-13)12(17)16-11-5-8-14-10(2)9-11;;/h5,8-9,15H,3-4,6-7H2,1-2H3,(H,14,16,17);2*1H. The molecule has 108 valence electrons. The molecule has 4 nitrogen and oxygen atoms in total. The number of carbonyl (C=O) groups is 1. The third-order valence-corrected chi connectivity index (χ3v) is 3.44. The number of pyridine rings is 1. The van der Waals surface area contributed by atoms with Crippen molar-refractivity contribution in [3.05, 3.63) is 24.0 Å². The Morgan fingerprint density at radius 2 is 2.26 bits per heavy atom. The molecule has 1 aromatic rings. The van der Waals surface area contributed by atoms with Gasteiger partial charge in [-0.2, -0.15) is 0 Å². The molecule has 1 saturated heterocycles. The zero-order valence-electron chi connectivity index (χ0n) is 11.2. The molecule has 0 aromatic carbocycles. The summed E-state index contributed by atoms with van der Waals surface area (Å²) in [6.07, 6.45) is 4.52. The molecule has 1 amide bonds. The molecule has 1 aromatic heterocycles. The second-order valence-corrected chi connectivity index (χ2v) is 4.61. The number of aryl methyl sites for hydroxylation is 1. The lowest BCUT2D eigenvalue weighted by molar-refractivity contribution is -0.122. The van der Waals surface area contributed by atoms with Gasteiger partial charge in [-0.05, 0) is 44.9 Å². The predicted octanol–water partition coefficient (Wildman–Crippen LogP) is 2.70. The van der Waals surface area contributed by atoms with Gasteiger partial charge in [0.2, 0.25) is 5.91 Å². The Bertz CT molecular complexity index is 420. The highest BCUT2D eigenvalue weighted by Gasteiger charge is 2.38. The molecular weight excluding hydrogens is 285 g/mol. The van der Waals surface area contributed by atoms with Gasteiger partial charge in [0, 0.05) is 17.6 Å². The monoisotopic (exact) mass is 305 g/mol. The number of carbonyl (C=O) groups excluding carboxylic acids is 1. The van der Waals surface area contributed by atoms with E-state index in [2.05, 4.69) is 22.5 Å². The molecule has 6 heteroatoms. The Balaban J connectivity index is 0.00000162. The molecule has 2 heterocycles. The van der Waals surface area contributed by atoms with Gasteiger partial charge in [-0.15, -0.1) is 24.8 Å². The summed E-state index contributed by atoms with van der Waals surface area (Å²) >= 11 is 0. The van der Waals surface area contributed by atoms with Gasteiger partial charge in [-0.25, -0.2) is 0 Å². The van der Waals surface area contributed by atoms with Gasteiger partial charge in [-0.3, -0.25) is 9.78 Å². The second-order valence-electron chi connectivity index (χ2n) is 4.61. The third kappa shape index (κ3) is 4.06. The van der Waals surface area contributed by atoms with E-state index >= 15 is 0 Å². The van der Waals surface area contributed by atoms with E-state index in [-0.39, 0.29) is 36.3 Å². The smallest absolute Gasteiger partial charge is 0.244 e. The van der Waals surface area contributed by atoms with E-state index in [0.29, 0.717) is 0 Å². The molecule has 2 rings (SSSR count). The molecule has 1 unspecified atom stereocenters. The number of nitrogens with zero attached hydrogens (tertiary/aromatic N) is 1. The van der Waals surface area contributed by atoms with Gasteiger partial charge in [0.1, 0.15) is 0 Å². The number of halogens is 2. The van der Waals surface area contributed by atoms with Gasteiger partial charge in [0.15, 0.2) is 0 Å². The third-order valence-electron chi connectivity index (χ3n) is 3.44. The summed E-state index contributed by atoms with van der Waals surface area (Å²) in [6.45, 7) is 4.89. The zero-order chi connectivity index (χ0) is 12.3.